The molecule has 0 spiro atoms. The van der Waals surface area contributed by atoms with Gasteiger partial charge in [-0.1, -0.05) is 28.9 Å². The summed E-state index contributed by atoms with van der Waals surface area (Å²) in [5.74, 6) is 0.296. The first-order valence-corrected chi connectivity index (χ1v) is 7.97. The molecule has 100 valence electrons. The molecule has 0 aliphatic heterocycles. The maximum Gasteiger partial charge on any atom is 0.296 e. The van der Waals surface area contributed by atoms with Gasteiger partial charge in [-0.25, -0.2) is 0 Å². The van der Waals surface area contributed by atoms with Crippen molar-refractivity contribution in [3.05, 3.63) is 41.4 Å². The highest BCUT2D eigenvalue weighted by Crippen LogP contribution is 2.18. The van der Waals surface area contributed by atoms with Crippen LogP contribution in [0.4, 0.5) is 0 Å². The normalized spacial score (nSPS) is 13.2. The van der Waals surface area contributed by atoms with Crippen LogP contribution in [0.15, 0.2) is 46.3 Å². The second kappa shape index (κ2) is 7.07. The predicted octanol–water partition coefficient (Wildman–Crippen LogP) is 3.76. The van der Waals surface area contributed by atoms with Crippen molar-refractivity contribution in [1.82, 2.24) is 0 Å². The molecule has 0 heterocycles. The Morgan fingerprint density at radius 3 is 2.50 bits per heavy atom. The number of allylic oxidation sites excluding steroid dienone is 1. The van der Waals surface area contributed by atoms with Crippen LogP contribution >= 0.6 is 15.9 Å². The Kier molecular flexibility index (Phi) is 6.05. The molecule has 18 heavy (non-hydrogen) atoms. The van der Waals surface area contributed by atoms with Gasteiger partial charge >= 0.3 is 0 Å². The number of hydrogen-bond acceptors (Lipinski definition) is 3. The Hall–Kier alpha value is -0.650. The fourth-order valence-corrected chi connectivity index (χ4v) is 2.65. The standard InChI is InChI=1S/C13H17BrO3S/c1-3-11(4-2)9-10-17-18(15,16)13-7-5-12(14)6-8-13/h3,5-8,11H,1,4,9-10H2,2H3. The zero-order valence-electron chi connectivity index (χ0n) is 10.3. The Balaban J connectivity index is 2.60. The monoisotopic (exact) mass is 332 g/mol. The van der Waals surface area contributed by atoms with E-state index in [2.05, 4.69) is 22.5 Å². The quantitative estimate of drug-likeness (QED) is 0.564. The second-order valence-electron chi connectivity index (χ2n) is 3.92. The van der Waals surface area contributed by atoms with Gasteiger partial charge < -0.3 is 0 Å². The Labute approximate surface area is 117 Å². The van der Waals surface area contributed by atoms with Crippen molar-refractivity contribution in [3.63, 3.8) is 0 Å². The molecule has 1 aromatic carbocycles. The lowest BCUT2D eigenvalue weighted by atomic mass is 10.0. The number of rotatable bonds is 7. The van der Waals surface area contributed by atoms with E-state index in [1.807, 2.05) is 13.0 Å². The van der Waals surface area contributed by atoms with E-state index in [1.54, 1.807) is 12.1 Å². The summed E-state index contributed by atoms with van der Waals surface area (Å²) < 4.78 is 29.5. The largest absolute Gasteiger partial charge is 0.296 e. The van der Waals surface area contributed by atoms with Gasteiger partial charge in [0.1, 0.15) is 0 Å². The van der Waals surface area contributed by atoms with Crippen LogP contribution in [0, 0.1) is 5.92 Å². The molecule has 5 heteroatoms. The minimum absolute atomic E-state index is 0.178. The van der Waals surface area contributed by atoms with Gasteiger partial charge in [0.05, 0.1) is 11.5 Å². The average Bonchev–Trinajstić information content (AvgIpc) is 2.35. The summed E-state index contributed by atoms with van der Waals surface area (Å²) in [6, 6.07) is 6.39. The summed E-state index contributed by atoms with van der Waals surface area (Å²) in [7, 11) is -3.64. The number of hydrogen-bond donors (Lipinski definition) is 0. The van der Waals surface area contributed by atoms with E-state index in [0.717, 1.165) is 10.9 Å². The molecule has 0 N–H and O–H groups in total. The van der Waals surface area contributed by atoms with Gasteiger partial charge in [0, 0.05) is 4.47 Å². The van der Waals surface area contributed by atoms with Gasteiger partial charge in [0.15, 0.2) is 0 Å². The average molecular weight is 333 g/mol. The molecule has 0 radical (unpaired) electrons. The number of benzene rings is 1. The third-order valence-corrected chi connectivity index (χ3v) is 4.54. The van der Waals surface area contributed by atoms with E-state index in [4.69, 9.17) is 4.18 Å². The minimum atomic E-state index is -3.64. The molecule has 0 aromatic heterocycles. The predicted molar refractivity (Wildman–Crippen MR) is 75.9 cm³/mol. The van der Waals surface area contributed by atoms with Crippen LogP contribution in [-0.2, 0) is 14.3 Å². The van der Waals surface area contributed by atoms with E-state index >= 15 is 0 Å². The van der Waals surface area contributed by atoms with Crippen molar-refractivity contribution < 1.29 is 12.6 Å². The topological polar surface area (TPSA) is 43.4 Å². The van der Waals surface area contributed by atoms with Gasteiger partial charge in [-0.2, -0.15) is 8.42 Å². The lowest BCUT2D eigenvalue weighted by Gasteiger charge is -2.10. The van der Waals surface area contributed by atoms with Crippen molar-refractivity contribution in [2.45, 2.75) is 24.7 Å². The fraction of sp³-hybridized carbons (Fsp3) is 0.385. The van der Waals surface area contributed by atoms with Gasteiger partial charge in [-0.3, -0.25) is 4.18 Å². The zero-order chi connectivity index (χ0) is 13.6. The third kappa shape index (κ3) is 4.55. The van der Waals surface area contributed by atoms with Crippen LogP contribution in [0.5, 0.6) is 0 Å². The highest BCUT2D eigenvalue weighted by atomic mass is 79.9. The van der Waals surface area contributed by atoms with Crippen molar-refractivity contribution in [1.29, 1.82) is 0 Å². The lowest BCUT2D eigenvalue weighted by molar-refractivity contribution is 0.293. The van der Waals surface area contributed by atoms with E-state index in [1.165, 1.54) is 12.1 Å². The molecule has 3 nitrogen and oxygen atoms in total. The molecule has 0 fully saturated rings. The molecule has 1 atom stereocenters. The second-order valence-corrected chi connectivity index (χ2v) is 6.45. The fourth-order valence-electron chi connectivity index (χ4n) is 1.47. The molecule has 1 rings (SSSR count). The molecule has 0 aliphatic carbocycles. The summed E-state index contributed by atoms with van der Waals surface area (Å²) in [4.78, 5) is 0.178. The van der Waals surface area contributed by atoms with Gasteiger partial charge in [0.2, 0.25) is 0 Å². The van der Waals surface area contributed by atoms with Gasteiger partial charge in [0.25, 0.3) is 10.1 Å². The molecular formula is C13H17BrO3S. The molecular weight excluding hydrogens is 316 g/mol. The first kappa shape index (κ1) is 15.4. The van der Waals surface area contributed by atoms with Gasteiger partial charge in [-0.05, 0) is 43.0 Å². The molecule has 0 amide bonds. The molecule has 0 saturated heterocycles. The highest BCUT2D eigenvalue weighted by Gasteiger charge is 2.15. The summed E-state index contributed by atoms with van der Waals surface area (Å²) in [6.45, 7) is 5.93. The number of halogens is 1. The van der Waals surface area contributed by atoms with E-state index in [9.17, 15) is 8.42 Å². The van der Waals surface area contributed by atoms with Crippen LogP contribution in [0.3, 0.4) is 0 Å². The summed E-state index contributed by atoms with van der Waals surface area (Å²) in [5.41, 5.74) is 0. The van der Waals surface area contributed by atoms with Crippen molar-refractivity contribution in [2.75, 3.05) is 6.61 Å². The van der Waals surface area contributed by atoms with E-state index < -0.39 is 10.1 Å². The Morgan fingerprint density at radius 1 is 1.39 bits per heavy atom. The van der Waals surface area contributed by atoms with Crippen LogP contribution in [0.1, 0.15) is 19.8 Å². The van der Waals surface area contributed by atoms with Crippen molar-refractivity contribution in [3.8, 4) is 0 Å². The lowest BCUT2D eigenvalue weighted by Crippen LogP contribution is -2.10. The van der Waals surface area contributed by atoms with Crippen molar-refractivity contribution in [2.24, 2.45) is 5.92 Å². The maximum atomic E-state index is 11.8. The van der Waals surface area contributed by atoms with Crippen LogP contribution in [0.25, 0.3) is 0 Å². The van der Waals surface area contributed by atoms with E-state index in [0.29, 0.717) is 12.3 Å². The van der Waals surface area contributed by atoms with Crippen LogP contribution in [0.2, 0.25) is 0 Å². The molecule has 0 aliphatic rings. The smallest absolute Gasteiger partial charge is 0.266 e. The summed E-state index contributed by atoms with van der Waals surface area (Å²) in [5, 5.41) is 0. The first-order chi connectivity index (χ1) is 8.49. The summed E-state index contributed by atoms with van der Waals surface area (Å²) >= 11 is 3.26. The SMILES string of the molecule is C=CC(CC)CCOS(=O)(=O)c1ccc(Br)cc1. The highest BCUT2D eigenvalue weighted by molar-refractivity contribution is 9.10. The third-order valence-electron chi connectivity index (χ3n) is 2.69. The first-order valence-electron chi connectivity index (χ1n) is 5.77. The van der Waals surface area contributed by atoms with Gasteiger partial charge in [-0.15, -0.1) is 6.58 Å². The molecule has 0 bridgehead atoms. The Morgan fingerprint density at radius 2 is 2.00 bits per heavy atom. The Bertz CT molecular complexity index is 479. The zero-order valence-corrected chi connectivity index (χ0v) is 12.7. The molecule has 0 saturated carbocycles. The summed E-state index contributed by atoms with van der Waals surface area (Å²) in [6.07, 6.45) is 3.43. The minimum Gasteiger partial charge on any atom is -0.266 e. The van der Waals surface area contributed by atoms with Crippen molar-refractivity contribution >= 4 is 26.0 Å². The van der Waals surface area contributed by atoms with Crippen LogP contribution in [-0.4, -0.2) is 15.0 Å². The van der Waals surface area contributed by atoms with Crippen LogP contribution < -0.4 is 0 Å². The maximum absolute atomic E-state index is 11.8. The van der Waals surface area contributed by atoms with E-state index in [-0.39, 0.29) is 11.5 Å². The molecule has 1 unspecified atom stereocenters. The molecule has 1 aromatic rings.